The summed E-state index contributed by atoms with van der Waals surface area (Å²) in [5, 5.41) is 10.7. The van der Waals surface area contributed by atoms with Crippen molar-refractivity contribution in [2.24, 2.45) is 11.7 Å². The molecule has 1 fully saturated rings. The van der Waals surface area contributed by atoms with Crippen molar-refractivity contribution in [2.75, 3.05) is 6.54 Å². The Hall–Kier alpha value is -1.69. The molecule has 0 atom stereocenters. The van der Waals surface area contributed by atoms with Crippen LogP contribution in [-0.2, 0) is 0 Å². The lowest BCUT2D eigenvalue weighted by atomic mass is 9.82. The number of aromatic nitrogens is 1. The van der Waals surface area contributed by atoms with Gasteiger partial charge in [0.25, 0.3) is 5.88 Å². The number of nitro groups is 1. The van der Waals surface area contributed by atoms with Crippen LogP contribution in [0.25, 0.3) is 0 Å². The zero-order chi connectivity index (χ0) is 11.5. The SMILES string of the molecule is NCC1CC(Oc2ncccc2[N+](=O)[O-])C1. The smallest absolute Gasteiger partial charge is 0.330 e. The van der Waals surface area contributed by atoms with Crippen LogP contribution in [0.3, 0.4) is 0 Å². The van der Waals surface area contributed by atoms with E-state index in [0.717, 1.165) is 12.8 Å². The second kappa shape index (κ2) is 4.44. The number of pyridine rings is 1. The first-order valence-corrected chi connectivity index (χ1v) is 5.17. The molecule has 6 nitrogen and oxygen atoms in total. The van der Waals surface area contributed by atoms with Gasteiger partial charge in [0, 0.05) is 12.3 Å². The molecule has 1 aromatic heterocycles. The van der Waals surface area contributed by atoms with Gasteiger partial charge in [-0.05, 0) is 31.4 Å². The van der Waals surface area contributed by atoms with Gasteiger partial charge in [0.15, 0.2) is 0 Å². The average Bonchev–Trinajstić information content (AvgIpc) is 2.23. The Morgan fingerprint density at radius 1 is 1.62 bits per heavy atom. The highest BCUT2D eigenvalue weighted by molar-refractivity contribution is 5.39. The fourth-order valence-electron chi connectivity index (χ4n) is 1.73. The number of hydrogen-bond acceptors (Lipinski definition) is 5. The molecule has 1 aromatic rings. The fraction of sp³-hybridized carbons (Fsp3) is 0.500. The van der Waals surface area contributed by atoms with E-state index >= 15 is 0 Å². The molecule has 16 heavy (non-hydrogen) atoms. The van der Waals surface area contributed by atoms with Crippen molar-refractivity contribution in [3.05, 3.63) is 28.4 Å². The third-order valence-corrected chi connectivity index (χ3v) is 2.75. The lowest BCUT2D eigenvalue weighted by Gasteiger charge is -2.33. The van der Waals surface area contributed by atoms with Crippen molar-refractivity contribution >= 4 is 5.69 Å². The van der Waals surface area contributed by atoms with Crippen LogP contribution >= 0.6 is 0 Å². The van der Waals surface area contributed by atoms with Gasteiger partial charge in [0.05, 0.1) is 4.92 Å². The molecule has 0 bridgehead atoms. The molecule has 0 saturated heterocycles. The van der Waals surface area contributed by atoms with E-state index in [2.05, 4.69) is 4.98 Å². The van der Waals surface area contributed by atoms with E-state index in [1.807, 2.05) is 0 Å². The summed E-state index contributed by atoms with van der Waals surface area (Å²) in [4.78, 5) is 14.1. The van der Waals surface area contributed by atoms with Crippen molar-refractivity contribution in [3.8, 4) is 5.88 Å². The molecule has 86 valence electrons. The Labute approximate surface area is 92.6 Å². The summed E-state index contributed by atoms with van der Waals surface area (Å²) in [5.74, 6) is 0.584. The van der Waals surface area contributed by atoms with Crippen LogP contribution in [-0.4, -0.2) is 22.6 Å². The van der Waals surface area contributed by atoms with Crippen LogP contribution in [0.4, 0.5) is 5.69 Å². The minimum absolute atomic E-state index is 0.0159. The van der Waals surface area contributed by atoms with Gasteiger partial charge in [0.2, 0.25) is 0 Å². The van der Waals surface area contributed by atoms with Gasteiger partial charge >= 0.3 is 5.69 Å². The van der Waals surface area contributed by atoms with Gasteiger partial charge in [-0.25, -0.2) is 4.98 Å². The Kier molecular flexibility index (Phi) is 3.00. The lowest BCUT2D eigenvalue weighted by Crippen LogP contribution is -2.38. The average molecular weight is 223 g/mol. The maximum Gasteiger partial charge on any atom is 0.330 e. The van der Waals surface area contributed by atoms with Crippen LogP contribution in [0.2, 0.25) is 0 Å². The van der Waals surface area contributed by atoms with E-state index in [1.54, 1.807) is 0 Å². The number of hydrogen-bond donors (Lipinski definition) is 1. The van der Waals surface area contributed by atoms with Crippen molar-refractivity contribution in [3.63, 3.8) is 0 Å². The molecule has 0 aliphatic heterocycles. The highest BCUT2D eigenvalue weighted by Crippen LogP contribution is 2.32. The summed E-state index contributed by atoms with van der Waals surface area (Å²) in [6.45, 7) is 0.643. The largest absolute Gasteiger partial charge is 0.469 e. The number of ether oxygens (including phenoxy) is 1. The van der Waals surface area contributed by atoms with Crippen molar-refractivity contribution in [1.82, 2.24) is 4.98 Å². The molecule has 1 saturated carbocycles. The lowest BCUT2D eigenvalue weighted by molar-refractivity contribution is -0.386. The molecule has 1 aliphatic carbocycles. The minimum atomic E-state index is -0.485. The van der Waals surface area contributed by atoms with E-state index in [9.17, 15) is 10.1 Å². The zero-order valence-electron chi connectivity index (χ0n) is 8.70. The van der Waals surface area contributed by atoms with Crippen LogP contribution in [0.5, 0.6) is 5.88 Å². The molecule has 1 aliphatic rings. The number of nitrogens with two attached hydrogens (primary N) is 1. The third kappa shape index (κ3) is 2.11. The normalized spacial score (nSPS) is 23.6. The molecule has 0 amide bonds. The van der Waals surface area contributed by atoms with Gasteiger partial charge in [0.1, 0.15) is 6.10 Å². The van der Waals surface area contributed by atoms with Crippen LogP contribution in [0, 0.1) is 16.0 Å². The van der Waals surface area contributed by atoms with Gasteiger partial charge < -0.3 is 10.5 Å². The maximum atomic E-state index is 10.7. The molecule has 0 spiro atoms. The molecule has 0 aromatic carbocycles. The van der Waals surface area contributed by atoms with Crippen LogP contribution in [0.15, 0.2) is 18.3 Å². The van der Waals surface area contributed by atoms with Gasteiger partial charge in [-0.3, -0.25) is 10.1 Å². The first-order valence-electron chi connectivity index (χ1n) is 5.17. The zero-order valence-corrected chi connectivity index (χ0v) is 8.70. The summed E-state index contributed by atoms with van der Waals surface area (Å²) in [6.07, 6.45) is 3.21. The summed E-state index contributed by atoms with van der Waals surface area (Å²) in [7, 11) is 0. The number of rotatable bonds is 4. The van der Waals surface area contributed by atoms with Gasteiger partial charge in [-0.15, -0.1) is 0 Å². The Bertz CT molecular complexity index is 391. The monoisotopic (exact) mass is 223 g/mol. The predicted octanol–water partition coefficient (Wildman–Crippen LogP) is 1.11. The highest BCUT2D eigenvalue weighted by Gasteiger charge is 2.31. The molecular formula is C10H13N3O3. The first kappa shape index (κ1) is 10.8. The summed E-state index contributed by atoms with van der Waals surface area (Å²) < 4.78 is 5.47. The van der Waals surface area contributed by atoms with Crippen LogP contribution in [0.1, 0.15) is 12.8 Å². The summed E-state index contributed by atoms with van der Waals surface area (Å²) >= 11 is 0. The second-order valence-corrected chi connectivity index (χ2v) is 3.90. The molecule has 0 unspecified atom stereocenters. The molecule has 6 heteroatoms. The van der Waals surface area contributed by atoms with Crippen LogP contribution < -0.4 is 10.5 Å². The second-order valence-electron chi connectivity index (χ2n) is 3.90. The Morgan fingerprint density at radius 3 is 3.00 bits per heavy atom. The van der Waals surface area contributed by atoms with E-state index in [1.165, 1.54) is 18.3 Å². The van der Waals surface area contributed by atoms with Crippen molar-refractivity contribution in [1.29, 1.82) is 0 Å². The Balaban J connectivity index is 2.02. The first-order chi connectivity index (χ1) is 7.70. The topological polar surface area (TPSA) is 91.3 Å². The highest BCUT2D eigenvalue weighted by atomic mass is 16.6. The van der Waals surface area contributed by atoms with Crippen molar-refractivity contribution < 1.29 is 9.66 Å². The third-order valence-electron chi connectivity index (χ3n) is 2.75. The van der Waals surface area contributed by atoms with Gasteiger partial charge in [-0.2, -0.15) is 0 Å². The predicted molar refractivity (Wildman–Crippen MR) is 57.1 cm³/mol. The Morgan fingerprint density at radius 2 is 2.38 bits per heavy atom. The van der Waals surface area contributed by atoms with E-state index < -0.39 is 4.92 Å². The molecule has 1 heterocycles. The van der Waals surface area contributed by atoms with E-state index in [0.29, 0.717) is 12.5 Å². The fourth-order valence-corrected chi connectivity index (χ4v) is 1.73. The quantitative estimate of drug-likeness (QED) is 0.609. The van der Waals surface area contributed by atoms with Gasteiger partial charge in [-0.1, -0.05) is 0 Å². The number of nitrogens with zero attached hydrogens (tertiary/aromatic N) is 2. The molecule has 2 rings (SSSR count). The van der Waals surface area contributed by atoms with E-state index in [4.69, 9.17) is 10.5 Å². The minimum Gasteiger partial charge on any atom is -0.469 e. The molecular weight excluding hydrogens is 210 g/mol. The molecule has 2 N–H and O–H groups in total. The summed E-state index contributed by atoms with van der Waals surface area (Å²) in [5.41, 5.74) is 5.40. The van der Waals surface area contributed by atoms with E-state index in [-0.39, 0.29) is 17.7 Å². The standard InChI is InChI=1S/C10H13N3O3/c11-6-7-4-8(5-7)16-10-9(13(14)15)2-1-3-12-10/h1-3,7-8H,4-6,11H2. The summed E-state index contributed by atoms with van der Waals surface area (Å²) in [6, 6.07) is 2.91. The maximum absolute atomic E-state index is 10.7. The molecule has 0 radical (unpaired) electrons. The van der Waals surface area contributed by atoms with Crippen molar-refractivity contribution in [2.45, 2.75) is 18.9 Å².